The molecule has 0 radical (unpaired) electrons. The van der Waals surface area contributed by atoms with Gasteiger partial charge in [-0.15, -0.1) is 0 Å². The van der Waals surface area contributed by atoms with Gasteiger partial charge in [0, 0.05) is 26.0 Å². The maximum absolute atomic E-state index is 12.0. The molecule has 0 fully saturated rings. The van der Waals surface area contributed by atoms with Gasteiger partial charge in [-0.25, -0.2) is 0 Å². The molecule has 0 aliphatic heterocycles. The van der Waals surface area contributed by atoms with Gasteiger partial charge >= 0.3 is 0 Å². The number of rotatable bonds is 4. The van der Waals surface area contributed by atoms with Crippen molar-refractivity contribution in [2.45, 2.75) is 25.9 Å². The topological polar surface area (TPSA) is 45.2 Å². The quantitative estimate of drug-likeness (QED) is 0.826. The van der Waals surface area contributed by atoms with Crippen LogP contribution in [0, 0.1) is 0 Å². The Balaban J connectivity index is 2.66. The summed E-state index contributed by atoms with van der Waals surface area (Å²) in [5.41, 5.74) is 0.555. The lowest BCUT2D eigenvalue weighted by Crippen LogP contribution is -2.51. The summed E-state index contributed by atoms with van der Waals surface area (Å²) in [6.07, 6.45) is 3.47. The van der Waals surface area contributed by atoms with E-state index in [0.717, 1.165) is 5.56 Å². The molecule has 4 heteroatoms. The van der Waals surface area contributed by atoms with Gasteiger partial charge in [0.2, 0.25) is 5.91 Å². The molecule has 0 unspecified atom stereocenters. The van der Waals surface area contributed by atoms with Gasteiger partial charge in [0.15, 0.2) is 0 Å². The molecule has 1 aromatic rings. The second-order valence-electron chi connectivity index (χ2n) is 4.39. The third-order valence-corrected chi connectivity index (χ3v) is 2.68. The van der Waals surface area contributed by atoms with Gasteiger partial charge in [-0.3, -0.25) is 9.78 Å². The smallest absolute Gasteiger partial charge is 0.242 e. The van der Waals surface area contributed by atoms with Crippen molar-refractivity contribution in [1.29, 1.82) is 0 Å². The third-order valence-electron chi connectivity index (χ3n) is 2.68. The van der Waals surface area contributed by atoms with Crippen molar-refractivity contribution in [3.05, 3.63) is 30.1 Å². The fourth-order valence-electron chi connectivity index (χ4n) is 1.42. The standard InChI is InChI=1S/C12H19N3O/c1-12(2,13-3)11(16)15(4)9-10-5-7-14-8-6-10/h5-8,13H,9H2,1-4H3. The Morgan fingerprint density at radius 2 is 2.00 bits per heavy atom. The lowest BCUT2D eigenvalue weighted by atomic mass is 10.0. The number of hydrogen-bond donors (Lipinski definition) is 1. The Hall–Kier alpha value is -1.42. The minimum absolute atomic E-state index is 0.0758. The van der Waals surface area contributed by atoms with Crippen LogP contribution in [-0.2, 0) is 11.3 Å². The summed E-state index contributed by atoms with van der Waals surface area (Å²) in [7, 11) is 3.60. The van der Waals surface area contributed by atoms with E-state index in [1.807, 2.05) is 33.0 Å². The van der Waals surface area contributed by atoms with E-state index in [0.29, 0.717) is 6.54 Å². The number of hydrogen-bond acceptors (Lipinski definition) is 3. The Labute approximate surface area is 96.7 Å². The van der Waals surface area contributed by atoms with E-state index in [1.165, 1.54) is 0 Å². The van der Waals surface area contributed by atoms with E-state index in [2.05, 4.69) is 10.3 Å². The predicted octanol–water partition coefficient (Wildman–Crippen LogP) is 1.04. The SMILES string of the molecule is CNC(C)(C)C(=O)N(C)Cc1ccncc1. The van der Waals surface area contributed by atoms with Crippen LogP contribution in [-0.4, -0.2) is 35.4 Å². The summed E-state index contributed by atoms with van der Waals surface area (Å²) in [5, 5.41) is 3.00. The number of nitrogens with one attached hydrogen (secondary N) is 1. The average molecular weight is 221 g/mol. The molecule has 1 N–H and O–H groups in total. The minimum Gasteiger partial charge on any atom is -0.340 e. The van der Waals surface area contributed by atoms with Gasteiger partial charge < -0.3 is 10.2 Å². The van der Waals surface area contributed by atoms with Crippen molar-refractivity contribution in [3.8, 4) is 0 Å². The number of pyridine rings is 1. The summed E-state index contributed by atoms with van der Waals surface area (Å²) in [4.78, 5) is 17.7. The fraction of sp³-hybridized carbons (Fsp3) is 0.500. The largest absolute Gasteiger partial charge is 0.340 e. The summed E-state index contributed by atoms with van der Waals surface area (Å²) in [6, 6.07) is 3.83. The summed E-state index contributed by atoms with van der Waals surface area (Å²) >= 11 is 0. The molecule has 0 atom stereocenters. The van der Waals surface area contributed by atoms with Crippen LogP contribution in [0.25, 0.3) is 0 Å². The molecule has 0 aliphatic carbocycles. The van der Waals surface area contributed by atoms with Crippen LogP contribution in [0.3, 0.4) is 0 Å². The van der Waals surface area contributed by atoms with Crippen molar-refractivity contribution >= 4 is 5.91 Å². The van der Waals surface area contributed by atoms with Gasteiger partial charge in [-0.05, 0) is 38.6 Å². The highest BCUT2D eigenvalue weighted by molar-refractivity contribution is 5.85. The highest BCUT2D eigenvalue weighted by atomic mass is 16.2. The minimum atomic E-state index is -0.526. The van der Waals surface area contributed by atoms with Gasteiger partial charge in [0.25, 0.3) is 0 Å². The van der Waals surface area contributed by atoms with Crippen LogP contribution in [0.2, 0.25) is 0 Å². The number of aromatic nitrogens is 1. The number of amides is 1. The molecule has 0 spiro atoms. The van der Waals surface area contributed by atoms with Gasteiger partial charge in [0.05, 0.1) is 5.54 Å². The molecule has 16 heavy (non-hydrogen) atoms. The second-order valence-corrected chi connectivity index (χ2v) is 4.39. The monoisotopic (exact) mass is 221 g/mol. The predicted molar refractivity (Wildman–Crippen MR) is 63.8 cm³/mol. The molecule has 0 aromatic carbocycles. The molecule has 1 heterocycles. The molecule has 1 aromatic heterocycles. The van der Waals surface area contributed by atoms with Crippen LogP contribution in [0.4, 0.5) is 0 Å². The molecule has 4 nitrogen and oxygen atoms in total. The van der Waals surface area contributed by atoms with E-state index in [9.17, 15) is 4.79 Å². The molecule has 88 valence electrons. The summed E-state index contributed by atoms with van der Waals surface area (Å²) in [6.45, 7) is 4.35. The number of carbonyl (C=O) groups is 1. The van der Waals surface area contributed by atoms with Crippen molar-refractivity contribution < 1.29 is 4.79 Å². The zero-order valence-corrected chi connectivity index (χ0v) is 10.3. The first-order chi connectivity index (χ1) is 7.47. The van der Waals surface area contributed by atoms with Gasteiger partial charge in [0.1, 0.15) is 0 Å². The Morgan fingerprint density at radius 1 is 1.44 bits per heavy atom. The van der Waals surface area contributed by atoms with Crippen LogP contribution in [0.1, 0.15) is 19.4 Å². The second kappa shape index (κ2) is 5.07. The lowest BCUT2D eigenvalue weighted by Gasteiger charge is -2.29. The van der Waals surface area contributed by atoms with E-state index >= 15 is 0 Å². The van der Waals surface area contributed by atoms with Crippen molar-refractivity contribution in [1.82, 2.24) is 15.2 Å². The molecule has 0 aliphatic rings. The summed E-state index contributed by atoms with van der Waals surface area (Å²) in [5.74, 6) is 0.0758. The molecule has 0 saturated heterocycles. The number of nitrogens with zero attached hydrogens (tertiary/aromatic N) is 2. The zero-order chi connectivity index (χ0) is 12.2. The average Bonchev–Trinajstić information content (AvgIpc) is 2.29. The van der Waals surface area contributed by atoms with Gasteiger partial charge in [-0.2, -0.15) is 0 Å². The normalized spacial score (nSPS) is 11.2. The highest BCUT2D eigenvalue weighted by Crippen LogP contribution is 2.09. The maximum Gasteiger partial charge on any atom is 0.242 e. The molecular formula is C12H19N3O. The summed E-state index contributed by atoms with van der Waals surface area (Å²) < 4.78 is 0. The molecule has 0 saturated carbocycles. The van der Waals surface area contributed by atoms with Crippen LogP contribution in [0.15, 0.2) is 24.5 Å². The molecule has 0 bridgehead atoms. The Bertz CT molecular complexity index is 349. The molecular weight excluding hydrogens is 202 g/mol. The number of likely N-dealkylation sites (N-methyl/N-ethyl adjacent to an activating group) is 2. The Morgan fingerprint density at radius 3 is 2.50 bits per heavy atom. The first-order valence-corrected chi connectivity index (χ1v) is 5.31. The van der Waals surface area contributed by atoms with Crippen molar-refractivity contribution in [2.24, 2.45) is 0 Å². The first-order valence-electron chi connectivity index (χ1n) is 5.31. The molecule has 1 rings (SSSR count). The zero-order valence-electron chi connectivity index (χ0n) is 10.3. The number of carbonyl (C=O) groups excluding carboxylic acids is 1. The van der Waals surface area contributed by atoms with Crippen LogP contribution >= 0.6 is 0 Å². The van der Waals surface area contributed by atoms with Crippen LogP contribution < -0.4 is 5.32 Å². The van der Waals surface area contributed by atoms with E-state index in [1.54, 1.807) is 24.3 Å². The van der Waals surface area contributed by atoms with Gasteiger partial charge in [-0.1, -0.05) is 0 Å². The highest BCUT2D eigenvalue weighted by Gasteiger charge is 2.28. The first kappa shape index (κ1) is 12.6. The lowest BCUT2D eigenvalue weighted by molar-refractivity contribution is -0.136. The van der Waals surface area contributed by atoms with Crippen molar-refractivity contribution in [3.63, 3.8) is 0 Å². The van der Waals surface area contributed by atoms with E-state index in [4.69, 9.17) is 0 Å². The fourth-order valence-corrected chi connectivity index (χ4v) is 1.42. The Kier molecular flexibility index (Phi) is 4.01. The van der Waals surface area contributed by atoms with E-state index in [-0.39, 0.29) is 5.91 Å². The van der Waals surface area contributed by atoms with E-state index < -0.39 is 5.54 Å². The van der Waals surface area contributed by atoms with Crippen LogP contribution in [0.5, 0.6) is 0 Å². The third kappa shape index (κ3) is 3.03. The molecule has 1 amide bonds. The maximum atomic E-state index is 12.0. The van der Waals surface area contributed by atoms with Crippen molar-refractivity contribution in [2.75, 3.05) is 14.1 Å².